The molecule has 0 saturated carbocycles. The van der Waals surface area contributed by atoms with E-state index in [1.807, 2.05) is 57.5 Å². The van der Waals surface area contributed by atoms with Crippen molar-refractivity contribution in [2.45, 2.75) is 31.7 Å². The molecule has 0 spiro atoms. The van der Waals surface area contributed by atoms with Gasteiger partial charge in [-0.15, -0.1) is 11.8 Å². The summed E-state index contributed by atoms with van der Waals surface area (Å²) in [5.74, 6) is 0.389. The van der Waals surface area contributed by atoms with Gasteiger partial charge in [0.05, 0.1) is 17.3 Å². The first-order valence-electron chi connectivity index (χ1n) is 7.80. The maximum Gasteiger partial charge on any atom is 0.272 e. The summed E-state index contributed by atoms with van der Waals surface area (Å²) in [6.45, 7) is 5.65. The highest BCUT2D eigenvalue weighted by atomic mass is 32.2. The van der Waals surface area contributed by atoms with Crippen molar-refractivity contribution in [2.75, 3.05) is 13.4 Å². The van der Waals surface area contributed by atoms with Crippen molar-refractivity contribution >= 4 is 34.8 Å². The average Bonchev–Trinajstić information content (AvgIpc) is 2.57. The molecule has 1 aromatic carbocycles. The molecule has 0 aliphatic rings. The molecule has 0 aliphatic heterocycles. The smallest absolute Gasteiger partial charge is 0.272 e. The molecular formula is C18H23N3O3S. The summed E-state index contributed by atoms with van der Waals surface area (Å²) in [6, 6.07) is 7.63. The second kappa shape index (κ2) is 8.20. The number of carbonyl (C=O) groups is 1. The van der Waals surface area contributed by atoms with Crippen LogP contribution >= 0.6 is 11.8 Å². The minimum Gasteiger partial charge on any atom is -0.470 e. The van der Waals surface area contributed by atoms with E-state index in [2.05, 4.69) is 20.3 Å². The summed E-state index contributed by atoms with van der Waals surface area (Å²) in [4.78, 5) is 21.5. The minimum atomic E-state index is -0.676. The number of hydrogen-bond donors (Lipinski definition) is 1. The highest BCUT2D eigenvalue weighted by molar-refractivity contribution is 7.99. The number of rotatable bonds is 7. The number of aryl methyl sites for hydroxylation is 1. The molecule has 0 aliphatic carbocycles. The number of pyridine rings is 1. The van der Waals surface area contributed by atoms with Crippen LogP contribution in [0.15, 0.2) is 35.6 Å². The molecule has 1 aromatic heterocycles. The molecule has 2 rings (SSSR count). The highest BCUT2D eigenvalue weighted by Crippen LogP contribution is 2.23. The first-order valence-corrected chi connectivity index (χ1v) is 9.09. The molecule has 7 heteroatoms. The Morgan fingerprint density at radius 2 is 2.16 bits per heavy atom. The van der Waals surface area contributed by atoms with Crippen molar-refractivity contribution in [1.82, 2.24) is 10.3 Å². The lowest BCUT2D eigenvalue weighted by molar-refractivity contribution is -0.125. The number of carbonyl (C=O) groups excluding carboxylic acids is 1. The number of hydrogen-bond acceptors (Lipinski definition) is 6. The van der Waals surface area contributed by atoms with E-state index < -0.39 is 11.0 Å². The second-order valence-electron chi connectivity index (χ2n) is 6.18. The number of amides is 1. The van der Waals surface area contributed by atoms with Gasteiger partial charge in [0.25, 0.3) is 5.91 Å². The fourth-order valence-corrected chi connectivity index (χ4v) is 2.70. The monoisotopic (exact) mass is 361 g/mol. The zero-order valence-electron chi connectivity index (χ0n) is 15.1. The van der Waals surface area contributed by atoms with Crippen molar-refractivity contribution in [3.63, 3.8) is 0 Å². The summed E-state index contributed by atoms with van der Waals surface area (Å²) in [5, 5.41) is 7.57. The van der Waals surface area contributed by atoms with Crippen LogP contribution in [0.3, 0.4) is 0 Å². The lowest BCUT2D eigenvalue weighted by Crippen LogP contribution is -2.49. The predicted octanol–water partition coefficient (Wildman–Crippen LogP) is 3.14. The Morgan fingerprint density at radius 1 is 1.40 bits per heavy atom. The Hall–Kier alpha value is -2.28. The van der Waals surface area contributed by atoms with E-state index in [1.54, 1.807) is 0 Å². The van der Waals surface area contributed by atoms with E-state index in [9.17, 15) is 4.79 Å². The average molecular weight is 361 g/mol. The Labute approximate surface area is 152 Å². The van der Waals surface area contributed by atoms with Crippen LogP contribution in [0.2, 0.25) is 0 Å². The van der Waals surface area contributed by atoms with Crippen molar-refractivity contribution in [2.24, 2.45) is 5.16 Å². The van der Waals surface area contributed by atoms with Crippen LogP contribution in [0.5, 0.6) is 5.75 Å². The fraction of sp³-hybridized carbons (Fsp3) is 0.389. The third-order valence-corrected chi connectivity index (χ3v) is 4.13. The molecule has 0 bridgehead atoms. The normalized spacial score (nSPS) is 13.0. The van der Waals surface area contributed by atoms with Gasteiger partial charge in [-0.1, -0.05) is 5.16 Å². The minimum absolute atomic E-state index is 0.234. The highest BCUT2D eigenvalue weighted by Gasteiger charge is 2.26. The second-order valence-corrected chi connectivity index (χ2v) is 7.08. The summed E-state index contributed by atoms with van der Waals surface area (Å²) < 4.78 is 5.87. The number of oxime groups is 1. The number of ether oxygens (including phenoxy) is 1. The van der Waals surface area contributed by atoms with E-state index in [-0.39, 0.29) is 5.91 Å². The van der Waals surface area contributed by atoms with Gasteiger partial charge in [-0.3, -0.25) is 9.78 Å². The van der Waals surface area contributed by atoms with Gasteiger partial charge >= 0.3 is 0 Å². The van der Waals surface area contributed by atoms with Gasteiger partial charge in [0.1, 0.15) is 12.9 Å². The molecule has 0 radical (unpaired) electrons. The van der Waals surface area contributed by atoms with Crippen molar-refractivity contribution < 1.29 is 14.4 Å². The predicted molar refractivity (Wildman–Crippen MR) is 102 cm³/mol. The molecule has 25 heavy (non-hydrogen) atoms. The van der Waals surface area contributed by atoms with Crippen LogP contribution in [0, 0.1) is 6.92 Å². The maximum absolute atomic E-state index is 12.5. The molecular weight excluding hydrogens is 338 g/mol. The standard InChI is InChI=1S/C18H23N3O3S/c1-12-8-13-9-14(6-7-15(13)19-10-12)24-17(25-5)16(22)21-18(2,3)11-20-23-4/h6-11,17H,1-5H3,(H,21,22). The lowest BCUT2D eigenvalue weighted by atomic mass is 10.1. The van der Waals surface area contributed by atoms with E-state index >= 15 is 0 Å². The lowest BCUT2D eigenvalue weighted by Gasteiger charge is -2.24. The van der Waals surface area contributed by atoms with Gasteiger partial charge in [0.15, 0.2) is 0 Å². The first-order chi connectivity index (χ1) is 11.8. The van der Waals surface area contributed by atoms with Gasteiger partial charge in [-0.05, 0) is 56.9 Å². The summed E-state index contributed by atoms with van der Waals surface area (Å²) in [5.41, 5.74) is 0.642. The first kappa shape index (κ1) is 19.1. The zero-order valence-corrected chi connectivity index (χ0v) is 15.9. The molecule has 2 aromatic rings. The van der Waals surface area contributed by atoms with Crippen LogP contribution in [0.1, 0.15) is 19.4 Å². The molecule has 1 atom stereocenters. The van der Waals surface area contributed by atoms with Crippen LogP contribution in [0.4, 0.5) is 0 Å². The Kier molecular flexibility index (Phi) is 6.25. The van der Waals surface area contributed by atoms with E-state index in [4.69, 9.17) is 4.74 Å². The maximum atomic E-state index is 12.5. The number of nitrogens with zero attached hydrogens (tertiary/aromatic N) is 2. The Bertz CT molecular complexity index is 777. The fourth-order valence-electron chi connectivity index (χ4n) is 2.22. The number of benzene rings is 1. The molecule has 1 unspecified atom stereocenters. The summed E-state index contributed by atoms with van der Waals surface area (Å²) in [7, 11) is 1.46. The van der Waals surface area contributed by atoms with E-state index in [0.717, 1.165) is 16.5 Å². The van der Waals surface area contributed by atoms with Gasteiger partial charge < -0.3 is 14.9 Å². The number of aromatic nitrogens is 1. The molecule has 1 amide bonds. The van der Waals surface area contributed by atoms with E-state index in [1.165, 1.54) is 25.1 Å². The summed E-state index contributed by atoms with van der Waals surface area (Å²) in [6.07, 6.45) is 5.19. The Morgan fingerprint density at radius 3 is 2.84 bits per heavy atom. The quantitative estimate of drug-likeness (QED) is 0.466. The van der Waals surface area contributed by atoms with Gasteiger partial charge in [0.2, 0.25) is 5.44 Å². The summed E-state index contributed by atoms with van der Waals surface area (Å²) >= 11 is 1.32. The topological polar surface area (TPSA) is 72.8 Å². The van der Waals surface area contributed by atoms with Crippen LogP contribution in [-0.2, 0) is 9.63 Å². The zero-order chi connectivity index (χ0) is 18.4. The molecule has 134 valence electrons. The van der Waals surface area contributed by atoms with Gasteiger partial charge in [-0.2, -0.15) is 0 Å². The van der Waals surface area contributed by atoms with E-state index in [0.29, 0.717) is 5.75 Å². The molecule has 6 nitrogen and oxygen atoms in total. The van der Waals surface area contributed by atoms with Crippen LogP contribution in [-0.4, -0.2) is 41.4 Å². The Balaban J connectivity index is 2.13. The number of fused-ring (bicyclic) bond motifs is 1. The molecule has 0 saturated heterocycles. The SMILES string of the molecule is CON=CC(C)(C)NC(=O)C(Oc1ccc2ncc(C)cc2c1)SC. The van der Waals surface area contributed by atoms with Gasteiger partial charge in [-0.25, -0.2) is 0 Å². The van der Waals surface area contributed by atoms with Crippen LogP contribution < -0.4 is 10.1 Å². The van der Waals surface area contributed by atoms with Gasteiger partial charge in [0, 0.05) is 11.6 Å². The van der Waals surface area contributed by atoms with Crippen molar-refractivity contribution in [1.29, 1.82) is 0 Å². The molecule has 1 N–H and O–H groups in total. The molecule has 1 heterocycles. The van der Waals surface area contributed by atoms with Crippen LogP contribution in [0.25, 0.3) is 10.9 Å². The van der Waals surface area contributed by atoms with Crippen molar-refractivity contribution in [3.8, 4) is 5.75 Å². The third-order valence-electron chi connectivity index (χ3n) is 3.39. The largest absolute Gasteiger partial charge is 0.470 e. The third kappa shape index (κ3) is 5.35. The van der Waals surface area contributed by atoms with Crippen molar-refractivity contribution in [3.05, 3.63) is 36.0 Å². The molecule has 0 fully saturated rings. The number of thioether (sulfide) groups is 1. The number of nitrogens with one attached hydrogen (secondary N) is 1.